The van der Waals surface area contributed by atoms with Gasteiger partial charge in [-0.2, -0.15) is 17.5 Å². The fourth-order valence-corrected chi connectivity index (χ4v) is 4.39. The van der Waals surface area contributed by atoms with Crippen molar-refractivity contribution < 1.29 is 0 Å². The molecule has 0 aliphatic carbocycles. The maximum absolute atomic E-state index is 5.08. The van der Waals surface area contributed by atoms with E-state index in [2.05, 4.69) is 104 Å². The van der Waals surface area contributed by atoms with Gasteiger partial charge in [-0.3, -0.25) is 4.99 Å². The third-order valence-electron chi connectivity index (χ3n) is 5.41. The molecule has 0 saturated heterocycles. The van der Waals surface area contributed by atoms with Crippen molar-refractivity contribution in [3.63, 3.8) is 0 Å². The lowest BCUT2D eigenvalue weighted by Gasteiger charge is -2.31. The third-order valence-corrected chi connectivity index (χ3v) is 6.01. The fourth-order valence-electron chi connectivity index (χ4n) is 3.85. The van der Waals surface area contributed by atoms with Gasteiger partial charge in [-0.05, 0) is 42.1 Å². The van der Waals surface area contributed by atoms with Gasteiger partial charge in [0.05, 0.1) is 5.69 Å². The first-order valence-corrected chi connectivity index (χ1v) is 12.7. The highest BCUT2D eigenvalue weighted by Gasteiger charge is 2.13. The molecule has 2 rings (SSSR count). The molecule has 2 nitrogen and oxygen atoms in total. The summed E-state index contributed by atoms with van der Waals surface area (Å²) in [5.74, 6) is 2.29. The number of nitrogens with zero attached hydrogens (tertiary/aromatic N) is 2. The number of rotatable bonds is 9. The van der Waals surface area contributed by atoms with Crippen molar-refractivity contribution in [2.24, 2.45) is 4.99 Å². The second-order valence-corrected chi connectivity index (χ2v) is 10.1. The first-order valence-electron chi connectivity index (χ1n) is 11.3. The highest BCUT2D eigenvalue weighted by Crippen LogP contribution is 2.38. The first-order chi connectivity index (χ1) is 14.6. The van der Waals surface area contributed by atoms with E-state index in [1.54, 1.807) is 0 Å². The minimum absolute atomic E-state index is 0.437. The van der Waals surface area contributed by atoms with E-state index in [9.17, 15) is 0 Å². The second kappa shape index (κ2) is 11.6. The summed E-state index contributed by atoms with van der Waals surface area (Å²) in [6.07, 6.45) is 4.25. The summed E-state index contributed by atoms with van der Waals surface area (Å²) in [6.45, 7) is 17.6. The zero-order chi connectivity index (χ0) is 23.1. The lowest BCUT2D eigenvalue weighted by Crippen LogP contribution is -1.98. The van der Waals surface area contributed by atoms with Crippen LogP contribution in [0, 0.1) is 0 Å². The Labute approximate surface area is 194 Å². The lowest BCUT2D eigenvalue weighted by atomic mass is 9.93. The van der Waals surface area contributed by atoms with Crippen molar-refractivity contribution in [2.75, 3.05) is 6.26 Å². The van der Waals surface area contributed by atoms with Crippen LogP contribution in [-0.4, -0.2) is 12.0 Å². The zero-order valence-corrected chi connectivity index (χ0v) is 21.6. The normalized spacial score (nSPS) is 12.9. The Morgan fingerprint density at radius 2 is 1.39 bits per heavy atom. The number of benzene rings is 2. The SMILES string of the molecule is CSCc1cccc(C(C)C)c1[N-]/C(C)=C/C(C)=Nc1c(C(C)C)cccc1C(C)C. The molecule has 0 amide bonds. The predicted molar refractivity (Wildman–Crippen MR) is 142 cm³/mol. The standard InChI is InChI=1S/C28H39N2S/c1-18(2)24-13-10-12-23(17-31-9)27(24)29-21(7)16-22(8)30-28-25(19(3)4)14-11-15-26(28)20(5)6/h10-16,18-20H,17H2,1-9H3/q-1/b21-16+,30-22?. The molecule has 0 heterocycles. The van der Waals surface area contributed by atoms with Crippen LogP contribution in [0.3, 0.4) is 0 Å². The van der Waals surface area contributed by atoms with Gasteiger partial charge in [-0.1, -0.05) is 102 Å². The van der Waals surface area contributed by atoms with E-state index in [1.165, 1.54) is 22.3 Å². The molecule has 0 spiro atoms. The second-order valence-electron chi connectivity index (χ2n) is 9.19. The van der Waals surface area contributed by atoms with E-state index in [1.807, 2.05) is 11.8 Å². The maximum Gasteiger partial charge on any atom is 0.0701 e. The van der Waals surface area contributed by atoms with E-state index < -0.39 is 0 Å². The van der Waals surface area contributed by atoms with E-state index in [4.69, 9.17) is 10.3 Å². The molecule has 2 aromatic rings. The molecule has 0 atom stereocenters. The molecule has 0 aromatic heterocycles. The number of para-hydroxylation sites is 2. The smallest absolute Gasteiger partial charge is 0.0701 e. The summed E-state index contributed by atoms with van der Waals surface area (Å²) in [5.41, 5.74) is 9.45. The number of aliphatic imine (C=N–C) groups is 1. The Morgan fingerprint density at radius 3 is 1.90 bits per heavy atom. The van der Waals surface area contributed by atoms with Crippen molar-refractivity contribution in [3.8, 4) is 0 Å². The monoisotopic (exact) mass is 435 g/mol. The van der Waals surface area contributed by atoms with E-state index in [0.29, 0.717) is 17.8 Å². The summed E-state index contributed by atoms with van der Waals surface area (Å²) in [4.78, 5) is 5.08. The lowest BCUT2D eigenvalue weighted by molar-refractivity contribution is 0.834. The average Bonchev–Trinajstić information content (AvgIpc) is 2.68. The molecular weight excluding hydrogens is 396 g/mol. The van der Waals surface area contributed by atoms with Crippen molar-refractivity contribution >= 4 is 28.8 Å². The Hall–Kier alpha value is -2.00. The van der Waals surface area contributed by atoms with Gasteiger partial charge in [0, 0.05) is 11.5 Å². The molecule has 0 unspecified atom stereocenters. The first kappa shape index (κ1) is 25.3. The molecule has 2 aromatic carbocycles. The van der Waals surface area contributed by atoms with Gasteiger partial charge in [0.25, 0.3) is 0 Å². The highest BCUT2D eigenvalue weighted by atomic mass is 32.2. The van der Waals surface area contributed by atoms with Crippen LogP contribution < -0.4 is 0 Å². The minimum atomic E-state index is 0.437. The summed E-state index contributed by atoms with van der Waals surface area (Å²) in [7, 11) is 0. The fraction of sp³-hybridized carbons (Fsp3) is 0.464. The van der Waals surface area contributed by atoms with Gasteiger partial charge in [0.1, 0.15) is 0 Å². The van der Waals surface area contributed by atoms with Crippen molar-refractivity contribution in [1.29, 1.82) is 0 Å². The van der Waals surface area contributed by atoms with Crippen molar-refractivity contribution in [2.45, 2.75) is 78.9 Å². The Balaban J connectivity index is 2.44. The van der Waals surface area contributed by atoms with Crippen LogP contribution in [0.2, 0.25) is 0 Å². The topological polar surface area (TPSA) is 26.5 Å². The Kier molecular flexibility index (Phi) is 9.43. The highest BCUT2D eigenvalue weighted by molar-refractivity contribution is 7.97. The Morgan fingerprint density at radius 1 is 0.871 bits per heavy atom. The molecule has 0 bridgehead atoms. The van der Waals surface area contributed by atoms with E-state index in [0.717, 1.165) is 28.5 Å². The molecule has 0 aliphatic heterocycles. The van der Waals surface area contributed by atoms with Gasteiger partial charge in [-0.25, -0.2) is 0 Å². The molecular formula is C28H39N2S-. The molecule has 168 valence electrons. The minimum Gasteiger partial charge on any atom is -0.661 e. The molecule has 0 radical (unpaired) electrons. The van der Waals surface area contributed by atoms with Crippen LogP contribution in [0.5, 0.6) is 0 Å². The largest absolute Gasteiger partial charge is 0.661 e. The number of thioether (sulfide) groups is 1. The molecule has 0 saturated carbocycles. The van der Waals surface area contributed by atoms with Gasteiger partial charge in [0.15, 0.2) is 0 Å². The van der Waals surface area contributed by atoms with Crippen LogP contribution in [0.1, 0.15) is 95.4 Å². The average molecular weight is 436 g/mol. The van der Waals surface area contributed by atoms with E-state index >= 15 is 0 Å². The van der Waals surface area contributed by atoms with Crippen LogP contribution in [-0.2, 0) is 5.75 Å². The van der Waals surface area contributed by atoms with Gasteiger partial charge >= 0.3 is 0 Å². The summed E-state index contributed by atoms with van der Waals surface area (Å²) >= 11 is 1.84. The molecule has 3 heteroatoms. The van der Waals surface area contributed by atoms with Crippen molar-refractivity contribution in [3.05, 3.63) is 75.7 Å². The van der Waals surface area contributed by atoms with Gasteiger partial charge in [0.2, 0.25) is 0 Å². The maximum atomic E-state index is 5.08. The van der Waals surface area contributed by atoms with Crippen LogP contribution in [0.25, 0.3) is 5.32 Å². The zero-order valence-electron chi connectivity index (χ0n) is 20.8. The molecule has 0 aliphatic rings. The van der Waals surface area contributed by atoms with Crippen LogP contribution >= 0.6 is 11.8 Å². The number of hydrogen-bond acceptors (Lipinski definition) is 2. The number of hydrogen-bond donors (Lipinski definition) is 0. The van der Waals surface area contributed by atoms with Gasteiger partial charge in [-0.15, -0.1) is 5.69 Å². The van der Waals surface area contributed by atoms with Gasteiger partial charge < -0.3 is 5.32 Å². The quantitative estimate of drug-likeness (QED) is 0.360. The Bertz CT molecular complexity index is 910. The molecule has 0 N–H and O–H groups in total. The predicted octanol–water partition coefficient (Wildman–Crippen LogP) is 9.62. The van der Waals surface area contributed by atoms with E-state index in [-0.39, 0.29) is 0 Å². The van der Waals surface area contributed by atoms with Crippen LogP contribution in [0.15, 0.2) is 53.2 Å². The third kappa shape index (κ3) is 6.74. The molecule has 31 heavy (non-hydrogen) atoms. The summed E-state index contributed by atoms with van der Waals surface area (Å²) in [6, 6.07) is 13.1. The summed E-state index contributed by atoms with van der Waals surface area (Å²) < 4.78 is 0. The van der Waals surface area contributed by atoms with Crippen LogP contribution in [0.4, 0.5) is 11.4 Å². The number of allylic oxidation sites excluding steroid dienone is 2. The van der Waals surface area contributed by atoms with Crippen molar-refractivity contribution in [1.82, 2.24) is 0 Å². The molecule has 0 fully saturated rings. The summed E-state index contributed by atoms with van der Waals surface area (Å²) in [5, 5.41) is 5.06.